The molecule has 1 fully saturated rings. The molecule has 18 heavy (non-hydrogen) atoms. The quantitative estimate of drug-likeness (QED) is 0.757. The third-order valence-electron chi connectivity index (χ3n) is 5.56. The maximum atomic E-state index is 9.41. The van der Waals surface area contributed by atoms with Crippen molar-refractivity contribution in [3.8, 4) is 6.07 Å². The molecule has 1 saturated heterocycles. The SMILES string of the molecule is CC12CCNC(Cc3cccc(C#N)c31)C2(C)C. The van der Waals surface area contributed by atoms with Crippen molar-refractivity contribution in [2.24, 2.45) is 5.41 Å². The molecule has 1 aromatic rings. The molecule has 2 heteroatoms. The van der Waals surface area contributed by atoms with Crippen molar-refractivity contribution >= 4 is 0 Å². The van der Waals surface area contributed by atoms with Gasteiger partial charge < -0.3 is 5.32 Å². The second kappa shape index (κ2) is 3.59. The van der Waals surface area contributed by atoms with Gasteiger partial charge in [-0.3, -0.25) is 0 Å². The van der Waals surface area contributed by atoms with Gasteiger partial charge in [-0.25, -0.2) is 0 Å². The first kappa shape index (κ1) is 11.7. The van der Waals surface area contributed by atoms with Crippen LogP contribution < -0.4 is 5.32 Å². The van der Waals surface area contributed by atoms with Crippen LogP contribution in [0.1, 0.15) is 43.9 Å². The number of fused-ring (bicyclic) bond motifs is 4. The van der Waals surface area contributed by atoms with E-state index in [0.29, 0.717) is 6.04 Å². The lowest BCUT2D eigenvalue weighted by Crippen LogP contribution is -2.62. The van der Waals surface area contributed by atoms with Gasteiger partial charge in [0.05, 0.1) is 11.6 Å². The second-order valence-electron chi connectivity index (χ2n) is 6.47. The van der Waals surface area contributed by atoms with E-state index < -0.39 is 0 Å². The Balaban J connectivity index is 2.30. The van der Waals surface area contributed by atoms with Gasteiger partial charge >= 0.3 is 0 Å². The third kappa shape index (κ3) is 1.26. The fourth-order valence-electron chi connectivity index (χ4n) is 3.97. The maximum absolute atomic E-state index is 9.41. The van der Waals surface area contributed by atoms with E-state index in [4.69, 9.17) is 0 Å². The van der Waals surface area contributed by atoms with Crippen molar-refractivity contribution in [1.29, 1.82) is 5.26 Å². The first-order chi connectivity index (χ1) is 8.50. The summed E-state index contributed by atoms with van der Waals surface area (Å²) < 4.78 is 0. The zero-order chi connectivity index (χ0) is 13.0. The normalized spacial score (nSPS) is 32.4. The van der Waals surface area contributed by atoms with Crippen LogP contribution in [0.25, 0.3) is 0 Å². The Hall–Kier alpha value is -1.33. The summed E-state index contributed by atoms with van der Waals surface area (Å²) in [5.41, 5.74) is 3.88. The number of nitriles is 1. The monoisotopic (exact) mass is 240 g/mol. The average molecular weight is 240 g/mol. The minimum Gasteiger partial charge on any atom is -0.313 e. The Bertz CT molecular complexity index is 539. The van der Waals surface area contributed by atoms with Gasteiger partial charge in [0.1, 0.15) is 0 Å². The predicted molar refractivity (Wildman–Crippen MR) is 72.4 cm³/mol. The van der Waals surface area contributed by atoms with Gasteiger partial charge in [-0.05, 0) is 42.0 Å². The highest BCUT2D eigenvalue weighted by atomic mass is 15.0. The zero-order valence-electron chi connectivity index (χ0n) is 11.4. The highest BCUT2D eigenvalue weighted by Crippen LogP contribution is 2.54. The van der Waals surface area contributed by atoms with Gasteiger partial charge in [0.15, 0.2) is 0 Å². The number of piperidine rings is 1. The first-order valence-electron chi connectivity index (χ1n) is 6.76. The van der Waals surface area contributed by atoms with E-state index in [9.17, 15) is 5.26 Å². The summed E-state index contributed by atoms with van der Waals surface area (Å²) in [6, 6.07) is 9.12. The number of nitrogens with zero attached hydrogens (tertiary/aromatic N) is 1. The van der Waals surface area contributed by atoms with Crippen LogP contribution in [0.3, 0.4) is 0 Å². The summed E-state index contributed by atoms with van der Waals surface area (Å²) in [5.74, 6) is 0. The molecular formula is C16H20N2. The Kier molecular flexibility index (Phi) is 2.34. The van der Waals surface area contributed by atoms with E-state index in [0.717, 1.165) is 24.9 Å². The van der Waals surface area contributed by atoms with E-state index in [-0.39, 0.29) is 10.8 Å². The van der Waals surface area contributed by atoms with Gasteiger partial charge in [0.25, 0.3) is 0 Å². The fraction of sp³-hybridized carbons (Fsp3) is 0.562. The summed E-state index contributed by atoms with van der Waals surface area (Å²) in [6.07, 6.45) is 2.16. The lowest BCUT2D eigenvalue weighted by molar-refractivity contribution is 0.0557. The molecule has 1 heterocycles. The summed E-state index contributed by atoms with van der Waals surface area (Å²) in [6.45, 7) is 8.10. The molecule has 2 unspecified atom stereocenters. The van der Waals surface area contributed by atoms with Gasteiger partial charge in [-0.15, -0.1) is 0 Å². The van der Waals surface area contributed by atoms with Gasteiger partial charge in [-0.1, -0.05) is 32.9 Å². The average Bonchev–Trinajstić information content (AvgIpc) is 2.32. The maximum Gasteiger partial charge on any atom is 0.0994 e. The number of hydrogen-bond donors (Lipinski definition) is 1. The van der Waals surface area contributed by atoms with Crippen molar-refractivity contribution in [1.82, 2.24) is 5.32 Å². The standard InChI is InChI=1S/C16H20N2/c1-15(2)13-9-11-5-4-6-12(10-17)14(11)16(15,3)7-8-18-13/h4-6,13,18H,7-9H2,1-3H3. The van der Waals surface area contributed by atoms with E-state index >= 15 is 0 Å². The molecule has 2 nitrogen and oxygen atoms in total. The molecule has 2 bridgehead atoms. The summed E-state index contributed by atoms with van der Waals surface area (Å²) in [4.78, 5) is 0. The van der Waals surface area contributed by atoms with Crippen LogP contribution in [-0.2, 0) is 11.8 Å². The molecule has 3 rings (SSSR count). The Labute approximate surface area is 109 Å². The Morgan fingerprint density at radius 1 is 1.33 bits per heavy atom. The first-order valence-corrected chi connectivity index (χ1v) is 6.76. The van der Waals surface area contributed by atoms with Crippen molar-refractivity contribution < 1.29 is 0 Å². The van der Waals surface area contributed by atoms with Crippen LogP contribution in [0.15, 0.2) is 18.2 Å². The molecule has 2 atom stereocenters. The van der Waals surface area contributed by atoms with Crippen LogP contribution in [-0.4, -0.2) is 12.6 Å². The molecule has 94 valence electrons. The van der Waals surface area contributed by atoms with E-state index in [1.54, 1.807) is 0 Å². The summed E-state index contributed by atoms with van der Waals surface area (Å²) in [5, 5.41) is 13.1. The second-order valence-corrected chi connectivity index (χ2v) is 6.47. The molecule has 0 spiro atoms. The third-order valence-corrected chi connectivity index (χ3v) is 5.56. The highest BCUT2D eigenvalue weighted by Gasteiger charge is 2.54. The van der Waals surface area contributed by atoms with Crippen LogP contribution in [0.2, 0.25) is 0 Å². The Morgan fingerprint density at radius 3 is 2.83 bits per heavy atom. The molecule has 0 aromatic heterocycles. The van der Waals surface area contributed by atoms with Crippen LogP contribution >= 0.6 is 0 Å². The minimum atomic E-state index is 0.114. The van der Waals surface area contributed by atoms with Crippen LogP contribution in [0.4, 0.5) is 0 Å². The molecule has 1 aliphatic carbocycles. The number of hydrogen-bond acceptors (Lipinski definition) is 2. The summed E-state index contributed by atoms with van der Waals surface area (Å²) in [7, 11) is 0. The Morgan fingerprint density at radius 2 is 2.11 bits per heavy atom. The molecule has 1 aliphatic heterocycles. The predicted octanol–water partition coefficient (Wildman–Crippen LogP) is 2.76. The topological polar surface area (TPSA) is 35.8 Å². The van der Waals surface area contributed by atoms with Crippen molar-refractivity contribution in [3.05, 3.63) is 34.9 Å². The van der Waals surface area contributed by atoms with E-state index in [1.807, 2.05) is 12.1 Å². The van der Waals surface area contributed by atoms with Gasteiger partial charge in [-0.2, -0.15) is 5.26 Å². The lowest BCUT2D eigenvalue weighted by Gasteiger charge is -2.57. The van der Waals surface area contributed by atoms with E-state index in [2.05, 4.69) is 38.2 Å². The lowest BCUT2D eigenvalue weighted by atomic mass is 9.51. The zero-order valence-corrected chi connectivity index (χ0v) is 11.4. The van der Waals surface area contributed by atoms with Crippen molar-refractivity contribution in [2.75, 3.05) is 6.54 Å². The van der Waals surface area contributed by atoms with Crippen LogP contribution in [0, 0.1) is 16.7 Å². The highest BCUT2D eigenvalue weighted by molar-refractivity contribution is 5.51. The molecule has 1 aromatic carbocycles. The molecule has 1 N–H and O–H groups in total. The largest absolute Gasteiger partial charge is 0.313 e. The van der Waals surface area contributed by atoms with Gasteiger partial charge in [0.2, 0.25) is 0 Å². The fourth-order valence-corrected chi connectivity index (χ4v) is 3.97. The molecule has 0 radical (unpaired) electrons. The van der Waals surface area contributed by atoms with Crippen molar-refractivity contribution in [2.45, 2.75) is 45.1 Å². The number of nitrogens with one attached hydrogen (secondary N) is 1. The van der Waals surface area contributed by atoms with Crippen molar-refractivity contribution in [3.63, 3.8) is 0 Å². The molecular weight excluding hydrogens is 220 g/mol. The summed E-state index contributed by atoms with van der Waals surface area (Å²) >= 11 is 0. The molecule has 0 saturated carbocycles. The minimum absolute atomic E-state index is 0.114. The number of benzene rings is 1. The molecule has 0 amide bonds. The van der Waals surface area contributed by atoms with Gasteiger partial charge in [0, 0.05) is 11.5 Å². The number of rotatable bonds is 0. The smallest absolute Gasteiger partial charge is 0.0994 e. The molecule has 2 aliphatic rings. The van der Waals surface area contributed by atoms with E-state index in [1.165, 1.54) is 11.1 Å². The van der Waals surface area contributed by atoms with Crippen LogP contribution in [0.5, 0.6) is 0 Å².